The van der Waals surface area contributed by atoms with Crippen molar-refractivity contribution in [3.05, 3.63) is 71.9 Å². The highest BCUT2D eigenvalue weighted by atomic mass is 19.1. The molecular weight excluding hydrogens is 307 g/mol. The summed E-state index contributed by atoms with van der Waals surface area (Å²) in [4.78, 5) is 18.3. The zero-order chi connectivity index (χ0) is 17.1. The lowest BCUT2D eigenvalue weighted by Gasteiger charge is -2.24. The van der Waals surface area contributed by atoms with Gasteiger partial charge in [0.1, 0.15) is 11.5 Å². The fourth-order valence-electron chi connectivity index (χ4n) is 2.41. The summed E-state index contributed by atoms with van der Waals surface area (Å²) >= 11 is 0. The van der Waals surface area contributed by atoms with Crippen LogP contribution in [0.1, 0.15) is 29.0 Å². The van der Waals surface area contributed by atoms with E-state index in [1.54, 1.807) is 42.5 Å². The number of pyridine rings is 1. The van der Waals surface area contributed by atoms with Crippen molar-refractivity contribution < 1.29 is 9.18 Å². The molecule has 2 aromatic heterocycles. The number of hydrogen-bond donors (Lipinski definition) is 1. The van der Waals surface area contributed by atoms with Gasteiger partial charge in [0.25, 0.3) is 5.91 Å². The largest absolute Gasteiger partial charge is 0.334 e. The number of carbonyl (C=O) groups is 1. The summed E-state index contributed by atoms with van der Waals surface area (Å²) < 4.78 is 13.0. The van der Waals surface area contributed by atoms with E-state index in [4.69, 9.17) is 0 Å². The van der Waals surface area contributed by atoms with E-state index in [1.165, 1.54) is 12.1 Å². The van der Waals surface area contributed by atoms with Crippen molar-refractivity contribution >= 4 is 5.91 Å². The number of aromatic nitrogens is 3. The highest BCUT2D eigenvalue weighted by Gasteiger charge is 2.21. The van der Waals surface area contributed by atoms with Gasteiger partial charge in [-0.05, 0) is 48.9 Å². The van der Waals surface area contributed by atoms with Crippen LogP contribution in [0.3, 0.4) is 0 Å². The van der Waals surface area contributed by atoms with E-state index < -0.39 is 0 Å². The van der Waals surface area contributed by atoms with Crippen LogP contribution in [-0.2, 0) is 0 Å². The normalized spacial score (nSPS) is 12.0. The van der Waals surface area contributed by atoms with Gasteiger partial charge in [-0.1, -0.05) is 6.07 Å². The highest BCUT2D eigenvalue weighted by molar-refractivity contribution is 5.93. The first-order valence-electron chi connectivity index (χ1n) is 7.54. The van der Waals surface area contributed by atoms with Crippen LogP contribution in [0.25, 0.3) is 11.3 Å². The van der Waals surface area contributed by atoms with Crippen LogP contribution in [0.5, 0.6) is 0 Å². The smallest absolute Gasteiger partial charge is 0.272 e. The van der Waals surface area contributed by atoms with Crippen molar-refractivity contribution in [2.75, 3.05) is 7.05 Å². The molecule has 5 nitrogen and oxygen atoms in total. The predicted octanol–water partition coefficient (Wildman–Crippen LogP) is 3.44. The summed E-state index contributed by atoms with van der Waals surface area (Å²) in [5, 5.41) is 6.90. The molecule has 1 N–H and O–H groups in total. The minimum atomic E-state index is -0.310. The van der Waals surface area contributed by atoms with Gasteiger partial charge in [0.2, 0.25) is 0 Å². The summed E-state index contributed by atoms with van der Waals surface area (Å²) in [5.74, 6) is -0.483. The molecule has 2 heterocycles. The van der Waals surface area contributed by atoms with Crippen molar-refractivity contribution in [1.82, 2.24) is 20.1 Å². The maximum atomic E-state index is 13.0. The number of nitrogens with one attached hydrogen (secondary N) is 1. The SMILES string of the molecule is CC(c1cccnc1)N(C)C(=O)c1cc(-c2ccc(F)cc2)n[nH]1. The second-order valence-electron chi connectivity index (χ2n) is 5.55. The summed E-state index contributed by atoms with van der Waals surface area (Å²) in [6.07, 6.45) is 3.44. The first kappa shape index (κ1) is 15.9. The number of hydrogen-bond acceptors (Lipinski definition) is 3. The predicted molar refractivity (Wildman–Crippen MR) is 88.7 cm³/mol. The molecular formula is C18H17FN4O. The quantitative estimate of drug-likeness (QED) is 0.799. The van der Waals surface area contributed by atoms with Crippen LogP contribution in [-0.4, -0.2) is 33.0 Å². The van der Waals surface area contributed by atoms with Crippen LogP contribution < -0.4 is 0 Å². The molecule has 0 saturated carbocycles. The van der Waals surface area contributed by atoms with E-state index in [0.717, 1.165) is 11.1 Å². The molecule has 122 valence electrons. The van der Waals surface area contributed by atoms with Gasteiger partial charge < -0.3 is 4.90 Å². The molecule has 1 amide bonds. The Morgan fingerprint density at radius 1 is 1.25 bits per heavy atom. The molecule has 3 aromatic rings. The van der Waals surface area contributed by atoms with E-state index in [0.29, 0.717) is 11.4 Å². The molecule has 0 aliphatic rings. The summed E-state index contributed by atoms with van der Waals surface area (Å²) in [7, 11) is 1.73. The van der Waals surface area contributed by atoms with Crippen molar-refractivity contribution in [3.63, 3.8) is 0 Å². The van der Waals surface area contributed by atoms with Gasteiger partial charge in [-0.3, -0.25) is 14.9 Å². The Kier molecular flexibility index (Phi) is 4.37. The number of benzene rings is 1. The number of aromatic amines is 1. The first-order valence-corrected chi connectivity index (χ1v) is 7.54. The molecule has 0 fully saturated rings. The van der Waals surface area contributed by atoms with Crippen LogP contribution >= 0.6 is 0 Å². The zero-order valence-corrected chi connectivity index (χ0v) is 13.4. The van der Waals surface area contributed by atoms with Crippen molar-refractivity contribution in [2.45, 2.75) is 13.0 Å². The van der Waals surface area contributed by atoms with Gasteiger partial charge in [0.15, 0.2) is 0 Å². The van der Waals surface area contributed by atoms with E-state index in [2.05, 4.69) is 15.2 Å². The molecule has 3 rings (SSSR count). The molecule has 0 aliphatic carbocycles. The molecule has 0 spiro atoms. The van der Waals surface area contributed by atoms with Gasteiger partial charge in [-0.25, -0.2) is 4.39 Å². The van der Waals surface area contributed by atoms with E-state index in [-0.39, 0.29) is 17.8 Å². The molecule has 6 heteroatoms. The van der Waals surface area contributed by atoms with Gasteiger partial charge in [-0.2, -0.15) is 5.10 Å². The minimum absolute atomic E-state index is 0.122. The van der Waals surface area contributed by atoms with Crippen molar-refractivity contribution in [2.24, 2.45) is 0 Å². The number of nitrogens with zero attached hydrogens (tertiary/aromatic N) is 3. The molecule has 1 aromatic carbocycles. The molecule has 0 bridgehead atoms. The lowest BCUT2D eigenvalue weighted by atomic mass is 10.1. The van der Waals surface area contributed by atoms with Crippen LogP contribution in [0, 0.1) is 5.82 Å². The lowest BCUT2D eigenvalue weighted by molar-refractivity contribution is 0.0736. The number of amides is 1. The van der Waals surface area contributed by atoms with Gasteiger partial charge in [-0.15, -0.1) is 0 Å². The Balaban J connectivity index is 1.79. The van der Waals surface area contributed by atoms with E-state index in [9.17, 15) is 9.18 Å². The molecule has 24 heavy (non-hydrogen) atoms. The topological polar surface area (TPSA) is 61.9 Å². The monoisotopic (exact) mass is 324 g/mol. The Labute approximate surface area is 139 Å². The minimum Gasteiger partial charge on any atom is -0.334 e. The molecule has 0 radical (unpaired) electrons. The Morgan fingerprint density at radius 3 is 2.67 bits per heavy atom. The molecule has 0 aliphatic heterocycles. The maximum absolute atomic E-state index is 13.0. The average Bonchev–Trinajstić information content (AvgIpc) is 3.11. The molecule has 1 atom stereocenters. The highest BCUT2D eigenvalue weighted by Crippen LogP contribution is 2.22. The van der Waals surface area contributed by atoms with Gasteiger partial charge >= 0.3 is 0 Å². The third kappa shape index (κ3) is 3.17. The fourth-order valence-corrected chi connectivity index (χ4v) is 2.41. The molecule has 0 saturated heterocycles. The first-order chi connectivity index (χ1) is 11.6. The standard InChI is InChI=1S/C18H17FN4O/c1-12(14-4-3-9-20-11-14)23(2)18(24)17-10-16(21-22-17)13-5-7-15(19)8-6-13/h3-12H,1-2H3,(H,21,22). The van der Waals surface area contributed by atoms with Crippen molar-refractivity contribution in [3.8, 4) is 11.3 Å². The summed E-state index contributed by atoms with van der Waals surface area (Å²) in [5.41, 5.74) is 2.68. The maximum Gasteiger partial charge on any atom is 0.272 e. The van der Waals surface area contributed by atoms with E-state index in [1.807, 2.05) is 19.1 Å². The van der Waals surface area contributed by atoms with Crippen molar-refractivity contribution in [1.29, 1.82) is 0 Å². The molecule has 1 unspecified atom stereocenters. The Hall–Kier alpha value is -3.02. The Bertz CT molecular complexity index is 830. The average molecular weight is 324 g/mol. The lowest BCUT2D eigenvalue weighted by Crippen LogP contribution is -2.30. The van der Waals surface area contributed by atoms with Gasteiger partial charge in [0, 0.05) is 25.0 Å². The number of H-pyrrole nitrogens is 1. The van der Waals surface area contributed by atoms with E-state index >= 15 is 0 Å². The third-order valence-electron chi connectivity index (χ3n) is 4.02. The number of carbonyl (C=O) groups excluding carboxylic acids is 1. The second kappa shape index (κ2) is 6.62. The summed E-state index contributed by atoms with van der Waals surface area (Å²) in [6.45, 7) is 1.94. The number of rotatable bonds is 4. The zero-order valence-electron chi connectivity index (χ0n) is 13.4. The van der Waals surface area contributed by atoms with Crippen LogP contribution in [0.4, 0.5) is 4.39 Å². The Morgan fingerprint density at radius 2 is 2.00 bits per heavy atom. The summed E-state index contributed by atoms with van der Waals surface area (Å²) in [6, 6.07) is 11.3. The number of halogens is 1. The second-order valence-corrected chi connectivity index (χ2v) is 5.55. The fraction of sp³-hybridized carbons (Fsp3) is 0.167. The van der Waals surface area contributed by atoms with Gasteiger partial charge in [0.05, 0.1) is 11.7 Å². The van der Waals surface area contributed by atoms with Crippen LogP contribution in [0.2, 0.25) is 0 Å². The van der Waals surface area contributed by atoms with Crippen LogP contribution in [0.15, 0.2) is 54.9 Å². The third-order valence-corrected chi connectivity index (χ3v) is 4.02.